The van der Waals surface area contributed by atoms with Crippen LogP contribution in [0.25, 0.3) is 6.08 Å². The minimum atomic E-state index is -0.238. The highest BCUT2D eigenvalue weighted by Gasteiger charge is 2.36. The lowest BCUT2D eigenvalue weighted by molar-refractivity contribution is -0.124. The van der Waals surface area contributed by atoms with E-state index in [-0.39, 0.29) is 11.1 Å². The number of rotatable bonds is 5. The zero-order valence-corrected chi connectivity index (χ0v) is 15.3. The average Bonchev–Trinajstić information content (AvgIpc) is 2.90. The second kappa shape index (κ2) is 7.93. The van der Waals surface area contributed by atoms with E-state index in [0.717, 1.165) is 43.3 Å². The Morgan fingerprint density at radius 1 is 1.12 bits per heavy atom. The molecule has 6 nitrogen and oxygen atoms in total. The number of carbonyl (C=O) groups excluding carboxylic acids is 2. The number of hydrogen-bond acceptors (Lipinski definition) is 6. The van der Waals surface area contributed by atoms with Gasteiger partial charge in [0.15, 0.2) is 0 Å². The monoisotopic (exact) mass is 362 g/mol. The Hall–Kier alpha value is -1.99. The highest BCUT2D eigenvalue weighted by molar-refractivity contribution is 8.18. The predicted octanol–water partition coefficient (Wildman–Crippen LogP) is 3.18. The van der Waals surface area contributed by atoms with E-state index < -0.39 is 0 Å². The fraction of sp³-hybridized carbons (Fsp3) is 0.444. The second-order valence-electron chi connectivity index (χ2n) is 6.04. The third kappa shape index (κ3) is 3.99. The molecule has 0 bridgehead atoms. The summed E-state index contributed by atoms with van der Waals surface area (Å²) in [7, 11) is 3.15. The maximum Gasteiger partial charge on any atom is 0.294 e. The number of imide groups is 1. The van der Waals surface area contributed by atoms with Crippen molar-refractivity contribution in [3.63, 3.8) is 0 Å². The highest BCUT2D eigenvalue weighted by atomic mass is 32.2. The van der Waals surface area contributed by atoms with E-state index >= 15 is 0 Å². The maximum atomic E-state index is 12.6. The van der Waals surface area contributed by atoms with Crippen molar-refractivity contribution in [2.45, 2.75) is 19.3 Å². The summed E-state index contributed by atoms with van der Waals surface area (Å²) < 4.78 is 10.5. The molecule has 7 heteroatoms. The van der Waals surface area contributed by atoms with Crippen LogP contribution in [0.2, 0.25) is 0 Å². The zero-order chi connectivity index (χ0) is 17.8. The molecular weight excluding hydrogens is 340 g/mol. The van der Waals surface area contributed by atoms with E-state index in [4.69, 9.17) is 9.47 Å². The molecule has 0 aliphatic carbocycles. The summed E-state index contributed by atoms with van der Waals surface area (Å²) in [6, 6.07) is 5.37. The molecular formula is C18H22N2O4S. The number of nitrogens with zero attached hydrogens (tertiary/aromatic N) is 2. The standard InChI is InChI=1S/C18H22N2O4S/c1-23-14-7-6-13(15(11-14)24-2)10-16-17(21)20(18(22)25-16)12-19-8-4-3-5-9-19/h6-7,10-11H,3-5,8-9,12H2,1-2H3. The van der Waals surface area contributed by atoms with Crippen molar-refractivity contribution in [1.82, 2.24) is 9.80 Å². The Morgan fingerprint density at radius 2 is 1.88 bits per heavy atom. The number of piperidine rings is 1. The fourth-order valence-electron chi connectivity index (χ4n) is 3.00. The Labute approximate surface area is 151 Å². The average molecular weight is 362 g/mol. The van der Waals surface area contributed by atoms with E-state index in [1.165, 1.54) is 11.3 Å². The van der Waals surface area contributed by atoms with Crippen molar-refractivity contribution in [2.24, 2.45) is 0 Å². The quantitative estimate of drug-likeness (QED) is 0.750. The molecule has 1 aromatic rings. The van der Waals surface area contributed by atoms with E-state index in [1.54, 1.807) is 32.4 Å². The summed E-state index contributed by atoms with van der Waals surface area (Å²) in [5.74, 6) is 1.04. The summed E-state index contributed by atoms with van der Waals surface area (Å²) in [5, 5.41) is -0.214. The van der Waals surface area contributed by atoms with Gasteiger partial charge in [-0.3, -0.25) is 19.4 Å². The Bertz CT molecular complexity index is 698. The molecule has 25 heavy (non-hydrogen) atoms. The molecule has 1 aromatic carbocycles. The summed E-state index contributed by atoms with van der Waals surface area (Å²) in [6.07, 6.45) is 5.17. The van der Waals surface area contributed by atoms with Crippen LogP contribution in [0.4, 0.5) is 4.79 Å². The molecule has 2 amide bonds. The number of likely N-dealkylation sites (tertiary alicyclic amines) is 1. The maximum absolute atomic E-state index is 12.6. The third-order valence-electron chi connectivity index (χ3n) is 4.39. The van der Waals surface area contributed by atoms with Crippen LogP contribution in [0.1, 0.15) is 24.8 Å². The lowest BCUT2D eigenvalue weighted by Crippen LogP contribution is -2.42. The van der Waals surface area contributed by atoms with Crippen LogP contribution in [0.15, 0.2) is 23.1 Å². The van der Waals surface area contributed by atoms with Crippen LogP contribution < -0.4 is 9.47 Å². The number of benzene rings is 1. The highest BCUT2D eigenvalue weighted by Crippen LogP contribution is 2.35. The van der Waals surface area contributed by atoms with Crippen molar-refractivity contribution in [3.05, 3.63) is 28.7 Å². The van der Waals surface area contributed by atoms with Crippen molar-refractivity contribution >= 4 is 29.0 Å². The Morgan fingerprint density at radius 3 is 2.56 bits per heavy atom. The van der Waals surface area contributed by atoms with Crippen LogP contribution in [0, 0.1) is 0 Å². The SMILES string of the molecule is COc1ccc(C=C2SC(=O)N(CN3CCCCC3)C2=O)c(OC)c1. The first-order chi connectivity index (χ1) is 12.1. The number of hydrogen-bond donors (Lipinski definition) is 0. The molecule has 2 aliphatic heterocycles. The van der Waals surface area contributed by atoms with E-state index in [2.05, 4.69) is 4.90 Å². The van der Waals surface area contributed by atoms with Crippen LogP contribution >= 0.6 is 11.8 Å². The smallest absolute Gasteiger partial charge is 0.294 e. The van der Waals surface area contributed by atoms with Gasteiger partial charge in [-0.2, -0.15) is 0 Å². The minimum absolute atomic E-state index is 0.214. The van der Waals surface area contributed by atoms with Gasteiger partial charge in [0.25, 0.3) is 11.1 Å². The third-order valence-corrected chi connectivity index (χ3v) is 5.30. The van der Waals surface area contributed by atoms with Crippen molar-refractivity contribution in [2.75, 3.05) is 34.0 Å². The summed E-state index contributed by atoms with van der Waals surface area (Å²) in [6.45, 7) is 2.25. The van der Waals surface area contributed by atoms with Gasteiger partial charge in [0.05, 0.1) is 25.8 Å². The second-order valence-corrected chi connectivity index (χ2v) is 7.03. The molecule has 3 rings (SSSR count). The Balaban J connectivity index is 1.78. The lowest BCUT2D eigenvalue weighted by Gasteiger charge is -2.29. The van der Waals surface area contributed by atoms with Crippen molar-refractivity contribution < 1.29 is 19.1 Å². The molecule has 0 atom stereocenters. The summed E-state index contributed by atoms with van der Waals surface area (Å²) in [5.41, 5.74) is 0.742. The Kier molecular flexibility index (Phi) is 5.65. The van der Waals surface area contributed by atoms with E-state index in [1.807, 2.05) is 6.07 Å². The zero-order valence-electron chi connectivity index (χ0n) is 14.5. The van der Waals surface area contributed by atoms with E-state index in [0.29, 0.717) is 23.1 Å². The predicted molar refractivity (Wildman–Crippen MR) is 97.6 cm³/mol. The lowest BCUT2D eigenvalue weighted by atomic mass is 10.1. The minimum Gasteiger partial charge on any atom is -0.497 e. The molecule has 0 unspecified atom stereocenters. The number of thioether (sulfide) groups is 1. The first kappa shape index (κ1) is 17.8. The molecule has 134 valence electrons. The molecule has 2 heterocycles. The molecule has 0 N–H and O–H groups in total. The van der Waals surface area contributed by atoms with Gasteiger partial charge >= 0.3 is 0 Å². The van der Waals surface area contributed by atoms with Crippen molar-refractivity contribution in [1.29, 1.82) is 0 Å². The van der Waals surface area contributed by atoms with Crippen molar-refractivity contribution in [3.8, 4) is 11.5 Å². The topological polar surface area (TPSA) is 59.1 Å². The van der Waals surface area contributed by atoms with Crippen LogP contribution in [-0.2, 0) is 4.79 Å². The number of carbonyl (C=O) groups is 2. The fourth-order valence-corrected chi connectivity index (χ4v) is 3.82. The van der Waals surface area contributed by atoms with Gasteiger partial charge in [0.1, 0.15) is 11.5 Å². The molecule has 2 saturated heterocycles. The largest absolute Gasteiger partial charge is 0.497 e. The van der Waals surface area contributed by atoms with Gasteiger partial charge in [-0.15, -0.1) is 0 Å². The number of ether oxygens (including phenoxy) is 2. The van der Waals surface area contributed by atoms with Gasteiger partial charge in [-0.05, 0) is 55.9 Å². The molecule has 0 aromatic heterocycles. The van der Waals surface area contributed by atoms with E-state index in [9.17, 15) is 9.59 Å². The van der Waals surface area contributed by atoms with Gasteiger partial charge in [-0.25, -0.2) is 0 Å². The van der Waals surface area contributed by atoms with Crippen LogP contribution in [-0.4, -0.2) is 54.9 Å². The van der Waals surface area contributed by atoms with Crippen LogP contribution in [0.3, 0.4) is 0 Å². The van der Waals surface area contributed by atoms with Gasteiger partial charge in [-0.1, -0.05) is 6.42 Å². The normalized spacial score (nSPS) is 20.4. The molecule has 0 radical (unpaired) electrons. The first-order valence-corrected chi connectivity index (χ1v) is 9.14. The number of methoxy groups -OCH3 is 2. The van der Waals surface area contributed by atoms with Gasteiger partial charge in [0.2, 0.25) is 0 Å². The first-order valence-electron chi connectivity index (χ1n) is 8.32. The number of amides is 2. The van der Waals surface area contributed by atoms with Gasteiger partial charge < -0.3 is 9.47 Å². The summed E-state index contributed by atoms with van der Waals surface area (Å²) in [4.78, 5) is 28.8. The molecule has 0 spiro atoms. The summed E-state index contributed by atoms with van der Waals surface area (Å²) >= 11 is 0.979. The van der Waals surface area contributed by atoms with Gasteiger partial charge in [0, 0.05) is 11.6 Å². The van der Waals surface area contributed by atoms with Crippen LogP contribution in [0.5, 0.6) is 11.5 Å². The molecule has 2 aliphatic rings. The molecule has 0 saturated carbocycles. The molecule has 2 fully saturated rings.